The van der Waals surface area contributed by atoms with Crippen molar-refractivity contribution in [3.8, 4) is 0 Å². The fourth-order valence-electron chi connectivity index (χ4n) is 2.89. The van der Waals surface area contributed by atoms with Gasteiger partial charge in [0.2, 0.25) is 0 Å². The van der Waals surface area contributed by atoms with Crippen LogP contribution < -0.4 is 0 Å². The van der Waals surface area contributed by atoms with Crippen LogP contribution in [0.2, 0.25) is 0 Å². The molecule has 2 aliphatic heterocycles. The van der Waals surface area contributed by atoms with Gasteiger partial charge in [0.15, 0.2) is 0 Å². The molecule has 2 rings (SSSR count). The summed E-state index contributed by atoms with van der Waals surface area (Å²) in [4.78, 5) is 22.8. The number of carbonyl (C=O) groups is 2. The largest absolute Gasteiger partial charge is 0.359 e. The molecule has 0 aromatic heterocycles. The Morgan fingerprint density at radius 2 is 2.19 bits per heavy atom. The Morgan fingerprint density at radius 3 is 2.75 bits per heavy atom. The zero-order valence-electron chi connectivity index (χ0n) is 9.86. The van der Waals surface area contributed by atoms with Crippen molar-refractivity contribution in [2.75, 3.05) is 0 Å². The maximum Gasteiger partial charge on any atom is 0.142 e. The van der Waals surface area contributed by atoms with E-state index in [2.05, 4.69) is 0 Å². The van der Waals surface area contributed by atoms with Crippen LogP contribution in [0.15, 0.2) is 12.2 Å². The number of aldehydes is 1. The molecule has 3 heteroatoms. The molecule has 1 fully saturated rings. The highest BCUT2D eigenvalue weighted by Gasteiger charge is 2.55. The summed E-state index contributed by atoms with van der Waals surface area (Å²) in [6.45, 7) is 4.04. The molecule has 0 aromatic rings. The molecule has 2 heterocycles. The van der Waals surface area contributed by atoms with Crippen molar-refractivity contribution < 1.29 is 14.3 Å². The molecule has 16 heavy (non-hydrogen) atoms. The molecule has 3 nitrogen and oxygen atoms in total. The van der Waals surface area contributed by atoms with Crippen LogP contribution >= 0.6 is 0 Å². The molecule has 0 saturated carbocycles. The highest BCUT2D eigenvalue weighted by Crippen LogP contribution is 2.48. The highest BCUT2D eigenvalue weighted by molar-refractivity contribution is 5.87. The van der Waals surface area contributed by atoms with Gasteiger partial charge in [-0.25, -0.2) is 0 Å². The summed E-state index contributed by atoms with van der Waals surface area (Å²) in [6.07, 6.45) is 7.11. The van der Waals surface area contributed by atoms with Crippen molar-refractivity contribution in [2.45, 2.75) is 50.7 Å². The van der Waals surface area contributed by atoms with Crippen molar-refractivity contribution in [3.63, 3.8) is 0 Å². The second-order valence-corrected chi connectivity index (χ2v) is 4.76. The van der Waals surface area contributed by atoms with E-state index in [1.807, 2.05) is 26.0 Å². The molecule has 0 N–H and O–H groups in total. The Morgan fingerprint density at radius 1 is 1.44 bits per heavy atom. The van der Waals surface area contributed by atoms with Gasteiger partial charge >= 0.3 is 0 Å². The van der Waals surface area contributed by atoms with E-state index in [9.17, 15) is 9.59 Å². The van der Waals surface area contributed by atoms with E-state index in [0.717, 1.165) is 19.1 Å². The summed E-state index contributed by atoms with van der Waals surface area (Å²) in [7, 11) is 0. The Labute approximate surface area is 95.9 Å². The summed E-state index contributed by atoms with van der Waals surface area (Å²) < 4.78 is 6.12. The lowest BCUT2D eigenvalue weighted by Gasteiger charge is -2.43. The molecule has 0 aliphatic carbocycles. The normalized spacial score (nSPS) is 41.4. The van der Waals surface area contributed by atoms with Crippen LogP contribution in [0.3, 0.4) is 0 Å². The van der Waals surface area contributed by atoms with Crippen LogP contribution in [-0.2, 0) is 14.3 Å². The minimum Gasteiger partial charge on any atom is -0.359 e. The molecule has 1 saturated heterocycles. The van der Waals surface area contributed by atoms with Crippen LogP contribution in [0.25, 0.3) is 0 Å². The van der Waals surface area contributed by atoms with Gasteiger partial charge in [-0.15, -0.1) is 0 Å². The first-order chi connectivity index (χ1) is 7.61. The van der Waals surface area contributed by atoms with Crippen LogP contribution in [0, 0.1) is 5.92 Å². The second-order valence-electron chi connectivity index (χ2n) is 4.76. The van der Waals surface area contributed by atoms with Crippen molar-refractivity contribution >= 4 is 12.1 Å². The summed E-state index contributed by atoms with van der Waals surface area (Å²) in [5.41, 5.74) is -0.918. The second kappa shape index (κ2) is 3.81. The van der Waals surface area contributed by atoms with Crippen molar-refractivity contribution in [1.82, 2.24) is 0 Å². The van der Waals surface area contributed by atoms with E-state index >= 15 is 0 Å². The Hall–Kier alpha value is -0.960. The topological polar surface area (TPSA) is 43.4 Å². The fraction of sp³-hybridized carbons (Fsp3) is 0.692. The van der Waals surface area contributed by atoms with Gasteiger partial charge in [-0.05, 0) is 12.8 Å². The monoisotopic (exact) mass is 222 g/mol. The molecule has 88 valence electrons. The first kappa shape index (κ1) is 11.5. The number of fused-ring (bicyclic) bond motifs is 2. The zero-order chi connectivity index (χ0) is 11.8. The van der Waals surface area contributed by atoms with Gasteiger partial charge < -0.3 is 9.53 Å². The number of ketones is 1. The molecule has 2 bridgehead atoms. The first-order valence-corrected chi connectivity index (χ1v) is 5.98. The van der Waals surface area contributed by atoms with Gasteiger partial charge in [-0.1, -0.05) is 26.0 Å². The van der Waals surface area contributed by atoms with Crippen molar-refractivity contribution in [1.29, 1.82) is 0 Å². The predicted octanol–water partition coefficient (Wildman–Crippen LogP) is 2.05. The summed E-state index contributed by atoms with van der Waals surface area (Å²) in [5, 5.41) is 0. The Kier molecular flexibility index (Phi) is 2.74. The number of carbonyl (C=O) groups excluding carboxylic acids is 2. The number of ether oxygens (including phenoxy) is 1. The minimum atomic E-state index is -0.522. The summed E-state index contributed by atoms with van der Waals surface area (Å²) in [6, 6.07) is 0. The summed E-state index contributed by atoms with van der Waals surface area (Å²) >= 11 is 0. The van der Waals surface area contributed by atoms with E-state index < -0.39 is 11.2 Å². The lowest BCUT2D eigenvalue weighted by Crippen LogP contribution is -2.51. The van der Waals surface area contributed by atoms with Gasteiger partial charge in [0.1, 0.15) is 12.1 Å². The molecule has 3 atom stereocenters. The minimum absolute atomic E-state index is 0.173. The van der Waals surface area contributed by atoms with E-state index in [1.165, 1.54) is 0 Å². The molecule has 0 amide bonds. The fourth-order valence-corrected chi connectivity index (χ4v) is 2.89. The maximum absolute atomic E-state index is 12.1. The van der Waals surface area contributed by atoms with Gasteiger partial charge in [0.25, 0.3) is 0 Å². The number of Topliss-reactive ketones (excluding diaryl/α,β-unsaturated/α-hetero) is 1. The van der Waals surface area contributed by atoms with E-state index in [-0.39, 0.29) is 18.1 Å². The molecule has 1 unspecified atom stereocenters. The van der Waals surface area contributed by atoms with Gasteiger partial charge in [0.05, 0.1) is 17.1 Å². The highest BCUT2D eigenvalue weighted by atomic mass is 16.5. The third-order valence-corrected chi connectivity index (χ3v) is 4.00. The van der Waals surface area contributed by atoms with Crippen LogP contribution in [0.5, 0.6) is 0 Å². The summed E-state index contributed by atoms with van der Waals surface area (Å²) in [5.74, 6) is -0.111. The SMILES string of the molecule is CC[C@]12C=C[C@](CC)(O1)C(CC=O)C(=O)C2. The molecule has 0 radical (unpaired) electrons. The number of hydrogen-bond donors (Lipinski definition) is 0. The smallest absolute Gasteiger partial charge is 0.142 e. The van der Waals surface area contributed by atoms with E-state index in [1.54, 1.807) is 0 Å². The average Bonchev–Trinajstić information content (AvgIpc) is 2.62. The van der Waals surface area contributed by atoms with E-state index in [4.69, 9.17) is 4.74 Å². The maximum atomic E-state index is 12.1. The molecular weight excluding hydrogens is 204 g/mol. The first-order valence-electron chi connectivity index (χ1n) is 5.98. The lowest BCUT2D eigenvalue weighted by atomic mass is 9.76. The lowest BCUT2D eigenvalue weighted by molar-refractivity contribution is -0.174. The van der Waals surface area contributed by atoms with Gasteiger partial charge in [-0.2, -0.15) is 0 Å². The van der Waals surface area contributed by atoms with Crippen molar-refractivity contribution in [2.24, 2.45) is 5.92 Å². The average molecular weight is 222 g/mol. The third-order valence-electron chi connectivity index (χ3n) is 4.00. The van der Waals surface area contributed by atoms with Gasteiger partial charge in [-0.3, -0.25) is 4.79 Å². The number of rotatable bonds is 4. The number of hydrogen-bond acceptors (Lipinski definition) is 3. The van der Waals surface area contributed by atoms with Crippen LogP contribution in [-0.4, -0.2) is 23.3 Å². The Balaban J connectivity index is 2.35. The molecular formula is C13H18O3. The molecule has 2 aliphatic rings. The van der Waals surface area contributed by atoms with Crippen LogP contribution in [0.4, 0.5) is 0 Å². The quantitative estimate of drug-likeness (QED) is 0.540. The van der Waals surface area contributed by atoms with Gasteiger partial charge in [0, 0.05) is 12.8 Å². The standard InChI is InChI=1S/C13H18O3/c1-3-12-6-7-13(4-2,16-12)10(5-8-14)11(15)9-12/h6-8,10H,3-5,9H2,1-2H3/t10?,12-,13+/m1/s1. The molecule has 0 aromatic carbocycles. The third kappa shape index (κ3) is 1.46. The Bertz CT molecular complexity index is 347. The molecule has 0 spiro atoms. The predicted molar refractivity (Wildman–Crippen MR) is 60.1 cm³/mol. The van der Waals surface area contributed by atoms with Crippen LogP contribution in [0.1, 0.15) is 39.5 Å². The van der Waals surface area contributed by atoms with E-state index in [0.29, 0.717) is 6.42 Å². The van der Waals surface area contributed by atoms with Crippen molar-refractivity contribution in [3.05, 3.63) is 12.2 Å². The zero-order valence-corrected chi connectivity index (χ0v) is 9.86.